The molecule has 1 spiro atoms. The summed E-state index contributed by atoms with van der Waals surface area (Å²) < 4.78 is 38.7. The molecule has 2 fully saturated rings. The number of aryl methyl sites for hydroxylation is 2. The Morgan fingerprint density at radius 3 is 2.84 bits per heavy atom. The first-order valence-electron chi connectivity index (χ1n) is 12.1. The number of nitrogens with zero attached hydrogens (tertiary/aromatic N) is 7. The topological polar surface area (TPSA) is 103 Å². The van der Waals surface area contributed by atoms with Crippen LogP contribution in [0.25, 0.3) is 22.3 Å². The number of nitrogens with one attached hydrogen (secondary N) is 1. The van der Waals surface area contributed by atoms with Crippen LogP contribution >= 0.6 is 0 Å². The Kier molecular flexibility index (Phi) is 5.82. The maximum atomic E-state index is 13.3. The fourth-order valence-corrected chi connectivity index (χ4v) is 5.14. The summed E-state index contributed by atoms with van der Waals surface area (Å²) in [5, 5.41) is 11.8. The van der Waals surface area contributed by atoms with Gasteiger partial charge in [-0.15, -0.1) is 10.2 Å². The van der Waals surface area contributed by atoms with Crippen molar-refractivity contribution in [2.45, 2.75) is 26.4 Å². The van der Waals surface area contributed by atoms with Crippen molar-refractivity contribution in [2.24, 2.45) is 12.5 Å². The zero-order valence-corrected chi connectivity index (χ0v) is 20.5. The summed E-state index contributed by atoms with van der Waals surface area (Å²) in [6.45, 7) is 2.25. The van der Waals surface area contributed by atoms with Gasteiger partial charge in [-0.05, 0) is 44.0 Å². The Morgan fingerprint density at radius 2 is 2.08 bits per heavy atom. The van der Waals surface area contributed by atoms with Gasteiger partial charge in [-0.3, -0.25) is 0 Å². The summed E-state index contributed by atoms with van der Waals surface area (Å²) in [6, 6.07) is 6.81. The summed E-state index contributed by atoms with van der Waals surface area (Å²) in [5.41, 5.74) is 2.63. The molecule has 2 aliphatic heterocycles. The highest BCUT2D eigenvalue weighted by atomic mass is 19.3. The van der Waals surface area contributed by atoms with Crippen molar-refractivity contribution in [2.75, 3.05) is 36.5 Å². The lowest BCUT2D eigenvalue weighted by atomic mass is 9.87. The van der Waals surface area contributed by atoms with Gasteiger partial charge in [0.1, 0.15) is 17.6 Å². The molecule has 1 atom stereocenters. The van der Waals surface area contributed by atoms with Gasteiger partial charge in [0.2, 0.25) is 5.95 Å². The molecule has 10 nitrogen and oxygen atoms in total. The third-order valence-corrected chi connectivity index (χ3v) is 7.01. The second-order valence-corrected chi connectivity index (χ2v) is 9.67. The zero-order chi connectivity index (χ0) is 25.6. The molecule has 192 valence electrons. The number of halogens is 2. The summed E-state index contributed by atoms with van der Waals surface area (Å²) >= 11 is 0. The monoisotopic (exact) mass is 508 g/mol. The molecule has 0 bridgehead atoms. The lowest BCUT2D eigenvalue weighted by molar-refractivity contribution is -0.0493. The largest absolute Gasteiger partial charge is 0.433 e. The van der Waals surface area contributed by atoms with E-state index >= 15 is 0 Å². The van der Waals surface area contributed by atoms with Gasteiger partial charge in [-0.25, -0.2) is 15.0 Å². The number of aromatic nitrogens is 6. The number of benzene rings is 1. The third kappa shape index (κ3) is 4.52. The number of alkyl halides is 2. The van der Waals surface area contributed by atoms with E-state index in [-0.39, 0.29) is 17.1 Å². The number of anilines is 3. The smallest absolute Gasteiger partial charge is 0.387 e. The molecule has 0 amide bonds. The highest BCUT2D eigenvalue weighted by Gasteiger charge is 2.42. The Bertz CT molecular complexity index is 1450. The fraction of sp³-hybridized carbons (Fsp3) is 0.400. The summed E-state index contributed by atoms with van der Waals surface area (Å²) in [6.07, 6.45) is 5.35. The van der Waals surface area contributed by atoms with Crippen LogP contribution in [-0.4, -0.2) is 62.6 Å². The minimum Gasteiger partial charge on any atom is -0.433 e. The maximum Gasteiger partial charge on any atom is 0.387 e. The Morgan fingerprint density at radius 1 is 1.19 bits per heavy atom. The molecular formula is C25H26F2N8O2. The summed E-state index contributed by atoms with van der Waals surface area (Å²) in [7, 11) is 1.77. The van der Waals surface area contributed by atoms with Gasteiger partial charge >= 0.3 is 6.61 Å². The molecule has 1 aromatic carbocycles. The highest BCUT2D eigenvalue weighted by Crippen LogP contribution is 2.41. The van der Waals surface area contributed by atoms with Gasteiger partial charge in [0.25, 0.3) is 0 Å². The van der Waals surface area contributed by atoms with Gasteiger partial charge in [0, 0.05) is 55.0 Å². The fourth-order valence-electron chi connectivity index (χ4n) is 5.14. The molecule has 1 N–H and O–H groups in total. The zero-order valence-electron chi connectivity index (χ0n) is 20.5. The molecule has 6 rings (SSSR count). The van der Waals surface area contributed by atoms with Crippen LogP contribution < -0.4 is 15.0 Å². The first-order chi connectivity index (χ1) is 17.9. The lowest BCUT2D eigenvalue weighted by Gasteiger charge is -2.23. The second-order valence-electron chi connectivity index (χ2n) is 9.67. The van der Waals surface area contributed by atoms with Gasteiger partial charge in [0.05, 0.1) is 12.3 Å². The standard InChI is InChI=1S/C25H26F2N8O2/c1-15-9-17-11-28-24(32-20(17)22(30-15)35-7-5-25(12-35)6-8-36-13-25)31-18-4-3-16(10-19(18)37-23(26)27)21-33-29-14-34(21)2/h3-4,9-11,14,23H,5-8,12-13H2,1-2H3,(H,28,31,32). The second kappa shape index (κ2) is 9.18. The average Bonchev–Trinajstić information content (AvgIpc) is 3.62. The van der Waals surface area contributed by atoms with E-state index in [1.54, 1.807) is 29.9 Å². The summed E-state index contributed by atoms with van der Waals surface area (Å²) in [4.78, 5) is 16.3. The molecule has 12 heteroatoms. The number of pyridine rings is 1. The number of hydrogen-bond donors (Lipinski definition) is 1. The van der Waals surface area contributed by atoms with Gasteiger partial charge < -0.3 is 24.3 Å². The normalized spacial score (nSPS) is 19.4. The number of ether oxygens (including phenoxy) is 2. The van der Waals surface area contributed by atoms with E-state index in [2.05, 4.69) is 25.4 Å². The summed E-state index contributed by atoms with van der Waals surface area (Å²) in [5.74, 6) is 1.52. The van der Waals surface area contributed by atoms with Crippen LogP contribution in [0.4, 0.5) is 26.2 Å². The molecule has 0 saturated carbocycles. The molecule has 5 heterocycles. The van der Waals surface area contributed by atoms with Crippen molar-refractivity contribution >= 4 is 28.4 Å². The molecule has 37 heavy (non-hydrogen) atoms. The van der Waals surface area contributed by atoms with Crippen LogP contribution in [0.5, 0.6) is 5.75 Å². The molecule has 3 aromatic heterocycles. The van der Waals surface area contributed by atoms with Gasteiger partial charge in [-0.2, -0.15) is 8.78 Å². The van der Waals surface area contributed by atoms with E-state index < -0.39 is 6.61 Å². The van der Waals surface area contributed by atoms with Crippen molar-refractivity contribution in [1.29, 1.82) is 0 Å². The van der Waals surface area contributed by atoms with Crippen molar-refractivity contribution in [3.05, 3.63) is 42.5 Å². The number of rotatable bonds is 6. The van der Waals surface area contributed by atoms with Gasteiger partial charge in [-0.1, -0.05) is 0 Å². The SMILES string of the molecule is Cc1cc2cnc(Nc3ccc(-c4nncn4C)cc3OC(F)F)nc2c(N2CCC3(CCOC3)C2)n1. The van der Waals surface area contributed by atoms with Crippen LogP contribution in [0.15, 0.2) is 36.8 Å². The molecule has 0 aliphatic carbocycles. The van der Waals surface area contributed by atoms with E-state index in [0.717, 1.165) is 56.0 Å². The third-order valence-electron chi connectivity index (χ3n) is 7.01. The first-order valence-corrected chi connectivity index (χ1v) is 12.1. The van der Waals surface area contributed by atoms with Crippen molar-refractivity contribution in [3.8, 4) is 17.1 Å². The first kappa shape index (κ1) is 23.5. The Labute approximate surface area is 211 Å². The number of hydrogen-bond acceptors (Lipinski definition) is 9. The van der Waals surface area contributed by atoms with E-state index in [1.165, 1.54) is 12.4 Å². The van der Waals surface area contributed by atoms with E-state index in [9.17, 15) is 8.78 Å². The Balaban J connectivity index is 1.34. The lowest BCUT2D eigenvalue weighted by Crippen LogP contribution is -2.28. The van der Waals surface area contributed by atoms with Crippen LogP contribution in [-0.2, 0) is 11.8 Å². The van der Waals surface area contributed by atoms with E-state index in [4.69, 9.17) is 19.4 Å². The van der Waals surface area contributed by atoms with Crippen molar-refractivity contribution in [1.82, 2.24) is 29.7 Å². The molecule has 0 radical (unpaired) electrons. The quantitative estimate of drug-likeness (QED) is 0.412. The highest BCUT2D eigenvalue weighted by molar-refractivity contribution is 5.89. The maximum absolute atomic E-state index is 13.3. The minimum absolute atomic E-state index is 0.0517. The predicted octanol–water partition coefficient (Wildman–Crippen LogP) is 4.09. The average molecular weight is 509 g/mol. The van der Waals surface area contributed by atoms with Gasteiger partial charge in [0.15, 0.2) is 11.6 Å². The molecule has 4 aromatic rings. The van der Waals surface area contributed by atoms with Crippen LogP contribution in [0.1, 0.15) is 18.5 Å². The van der Waals surface area contributed by atoms with Crippen LogP contribution in [0.2, 0.25) is 0 Å². The van der Waals surface area contributed by atoms with Crippen molar-refractivity contribution in [3.63, 3.8) is 0 Å². The number of fused-ring (bicyclic) bond motifs is 1. The van der Waals surface area contributed by atoms with Crippen LogP contribution in [0, 0.1) is 12.3 Å². The van der Waals surface area contributed by atoms with E-state index in [1.807, 2.05) is 13.0 Å². The molecule has 2 saturated heterocycles. The predicted molar refractivity (Wildman–Crippen MR) is 133 cm³/mol. The van der Waals surface area contributed by atoms with E-state index in [0.29, 0.717) is 22.6 Å². The molecule has 1 unspecified atom stereocenters. The Hall–Kier alpha value is -3.93. The molecular weight excluding hydrogens is 482 g/mol. The van der Waals surface area contributed by atoms with Crippen molar-refractivity contribution < 1.29 is 18.3 Å². The van der Waals surface area contributed by atoms with Crippen LogP contribution in [0.3, 0.4) is 0 Å². The minimum atomic E-state index is -3.01. The molecule has 2 aliphatic rings.